The van der Waals surface area contributed by atoms with Gasteiger partial charge in [0.15, 0.2) is 0 Å². The van der Waals surface area contributed by atoms with Crippen LogP contribution in [0.1, 0.15) is 0 Å². The number of halogens is 1. The van der Waals surface area contributed by atoms with Crippen molar-refractivity contribution in [3.05, 3.63) is 41.7 Å². The van der Waals surface area contributed by atoms with E-state index in [0.29, 0.717) is 12.1 Å². The number of nitrogens with two attached hydrogens (primary N) is 1. The molecule has 0 spiro atoms. The Balaban J connectivity index is 1.85. The maximum Gasteiger partial charge on any atom is 0.296 e. The Hall–Kier alpha value is -4.29. The molecule has 240 valence electrons. The predicted octanol–water partition coefficient (Wildman–Crippen LogP) is 2.29. The number of fused-ring (bicyclic) bond motifs is 1. The largest absolute Gasteiger partial charge is 0.507 e. The van der Waals surface area contributed by atoms with E-state index in [-0.39, 0.29) is 41.4 Å². The van der Waals surface area contributed by atoms with Crippen molar-refractivity contribution in [2.45, 2.75) is 14.7 Å². The number of nitrogens with one attached hydrogen (secondary N) is 1. The van der Waals surface area contributed by atoms with Crippen molar-refractivity contribution in [1.29, 1.82) is 0 Å². The summed E-state index contributed by atoms with van der Waals surface area (Å²) in [4.78, 5) is 10.7. The molecule has 0 fully saturated rings. The number of likely N-dealkylation sites (N-methyl/N-ethyl adjacent to an activating group) is 1. The van der Waals surface area contributed by atoms with Gasteiger partial charge in [-0.25, -0.2) is 0 Å². The second-order valence-corrected chi connectivity index (χ2v) is 13.5. The number of azo groups is 1. The fraction of sp³-hybridized carbons (Fsp3) is 0.136. The Kier molecular flexibility index (Phi) is 9.14. The highest BCUT2D eigenvalue weighted by molar-refractivity contribution is 7.86. The molecule has 0 aliphatic rings. The molecule has 4 aromatic rings. The lowest BCUT2D eigenvalue weighted by molar-refractivity contribution is 0.303. The zero-order valence-corrected chi connectivity index (χ0v) is 25.6. The third kappa shape index (κ3) is 7.51. The van der Waals surface area contributed by atoms with Gasteiger partial charge >= 0.3 is 0 Å². The first kappa shape index (κ1) is 33.6. The number of anilines is 4. The first-order valence-electron chi connectivity index (χ1n) is 11.9. The highest BCUT2D eigenvalue weighted by Crippen LogP contribution is 2.44. The minimum Gasteiger partial charge on any atom is -0.507 e. The van der Waals surface area contributed by atoms with Crippen LogP contribution in [0.15, 0.2) is 61.3 Å². The number of rotatable bonds is 10. The molecule has 0 atom stereocenters. The fourth-order valence-corrected chi connectivity index (χ4v) is 5.85. The van der Waals surface area contributed by atoms with Crippen LogP contribution < -0.4 is 16.0 Å². The summed E-state index contributed by atoms with van der Waals surface area (Å²) in [5.41, 5.74) is 3.93. The smallest absolute Gasteiger partial charge is 0.296 e. The molecule has 0 radical (unpaired) electrons. The molecular formula is C22H21ClN8O11S3. The number of nitrogens with zero attached hydrogens (tertiary/aromatic N) is 6. The quantitative estimate of drug-likeness (QED) is 0.0707. The van der Waals surface area contributed by atoms with Crippen molar-refractivity contribution in [1.82, 2.24) is 15.0 Å². The molecule has 8 N–H and O–H groups in total. The van der Waals surface area contributed by atoms with E-state index in [1.807, 2.05) is 0 Å². The Labute approximate surface area is 259 Å². The number of phenols is 1. The van der Waals surface area contributed by atoms with Crippen molar-refractivity contribution in [2.75, 3.05) is 36.1 Å². The monoisotopic (exact) mass is 704 g/mol. The lowest BCUT2D eigenvalue weighted by Gasteiger charge is -2.16. The van der Waals surface area contributed by atoms with Gasteiger partial charge in [-0.05, 0) is 47.3 Å². The normalized spacial score (nSPS) is 12.6. The van der Waals surface area contributed by atoms with Crippen LogP contribution in [-0.2, 0) is 30.4 Å². The zero-order valence-electron chi connectivity index (χ0n) is 22.4. The lowest BCUT2D eigenvalue weighted by Crippen LogP contribution is -2.24. The van der Waals surface area contributed by atoms with E-state index in [9.17, 15) is 44.0 Å². The van der Waals surface area contributed by atoms with Crippen molar-refractivity contribution in [2.24, 2.45) is 10.2 Å². The van der Waals surface area contributed by atoms with Crippen LogP contribution in [0.2, 0.25) is 5.28 Å². The van der Waals surface area contributed by atoms with Gasteiger partial charge in [-0.15, -0.1) is 10.2 Å². The summed E-state index contributed by atoms with van der Waals surface area (Å²) in [5, 5.41) is 28.9. The van der Waals surface area contributed by atoms with E-state index in [1.54, 1.807) is 7.05 Å². The van der Waals surface area contributed by atoms with Crippen molar-refractivity contribution in [3.63, 3.8) is 0 Å². The number of phenolic OH excluding ortho intramolecular Hbond substituents is 1. The molecule has 1 heterocycles. The molecule has 0 aliphatic heterocycles. The molecule has 4 rings (SSSR count). The molecule has 45 heavy (non-hydrogen) atoms. The second kappa shape index (κ2) is 12.2. The highest BCUT2D eigenvalue weighted by atomic mass is 35.5. The van der Waals surface area contributed by atoms with Gasteiger partial charge in [-0.1, -0.05) is 0 Å². The molecule has 0 saturated carbocycles. The number of benzene rings is 3. The van der Waals surface area contributed by atoms with E-state index in [1.165, 1.54) is 11.0 Å². The van der Waals surface area contributed by atoms with E-state index in [4.69, 9.17) is 22.4 Å². The summed E-state index contributed by atoms with van der Waals surface area (Å²) in [6.45, 7) is -0.0676. The maximum absolute atomic E-state index is 12.3. The van der Waals surface area contributed by atoms with Gasteiger partial charge in [0.1, 0.15) is 26.9 Å². The highest BCUT2D eigenvalue weighted by Gasteiger charge is 2.24. The summed E-state index contributed by atoms with van der Waals surface area (Å²) in [5.74, 6) is -0.945. The van der Waals surface area contributed by atoms with E-state index in [2.05, 4.69) is 30.5 Å². The number of nitrogen functional groups attached to an aromatic ring is 1. The number of aromatic hydroxyl groups is 1. The van der Waals surface area contributed by atoms with E-state index < -0.39 is 73.2 Å². The summed E-state index contributed by atoms with van der Waals surface area (Å²) < 4.78 is 101. The molecular weight excluding hydrogens is 684 g/mol. The third-order valence-electron chi connectivity index (χ3n) is 5.87. The van der Waals surface area contributed by atoms with Gasteiger partial charge in [0.25, 0.3) is 30.4 Å². The van der Waals surface area contributed by atoms with Gasteiger partial charge in [0.2, 0.25) is 17.2 Å². The molecule has 0 unspecified atom stereocenters. The van der Waals surface area contributed by atoms with Gasteiger partial charge in [-0.3, -0.25) is 13.7 Å². The SMILES string of the molecule is CN(CCO)c1nc(Cl)nc(Nc2ccc(N=Nc3c(N)c(S(=O)(=O)O)cc4cc(S(=O)(=O)O)cc(O)c34)c(S(=O)(=O)O)c2)n1. The van der Waals surface area contributed by atoms with Gasteiger partial charge in [0, 0.05) is 25.3 Å². The number of aromatic nitrogens is 3. The van der Waals surface area contributed by atoms with Crippen LogP contribution in [-0.4, -0.2) is 84.3 Å². The first-order chi connectivity index (χ1) is 20.8. The zero-order chi connectivity index (χ0) is 33.5. The van der Waals surface area contributed by atoms with E-state index in [0.717, 1.165) is 18.2 Å². The number of aliphatic hydroxyl groups excluding tert-OH is 1. The summed E-state index contributed by atoms with van der Waals surface area (Å²) >= 11 is 5.95. The minimum atomic E-state index is -5.08. The Bertz CT molecular complexity index is 2200. The Morgan fingerprint density at radius 3 is 2.18 bits per heavy atom. The number of hydrogen-bond donors (Lipinski definition) is 7. The van der Waals surface area contributed by atoms with Gasteiger partial charge in [-0.2, -0.15) is 40.2 Å². The summed E-state index contributed by atoms with van der Waals surface area (Å²) in [7, 11) is -13.4. The Morgan fingerprint density at radius 1 is 0.911 bits per heavy atom. The van der Waals surface area contributed by atoms with E-state index >= 15 is 0 Å². The standard InChI is InChI=1S/C22H21ClN8O11S3/c1-31(4-5-32)22-27-20(23)26-21(28-22)25-11-2-3-13(15(8-11)44(37,38)39)29-30-19-17-10(7-16(18(19)24)45(40,41)42)6-12(9-14(17)33)43(34,35)36/h2-3,6-9,32-33H,4-5,24H2,1H3,(H,34,35,36)(H,37,38,39)(H,40,41,42)(H,25,26,27,28). The number of aliphatic hydroxyl groups is 1. The topological polar surface area (TPSA) is 308 Å². The molecule has 0 aliphatic carbocycles. The van der Waals surface area contributed by atoms with Crippen LogP contribution in [0.4, 0.5) is 34.6 Å². The van der Waals surface area contributed by atoms with Crippen LogP contribution in [0, 0.1) is 0 Å². The molecule has 0 bridgehead atoms. The number of hydrogen-bond acceptors (Lipinski definition) is 16. The summed E-state index contributed by atoms with van der Waals surface area (Å²) in [6.07, 6.45) is 0. The second-order valence-electron chi connectivity index (χ2n) is 8.98. The van der Waals surface area contributed by atoms with Gasteiger partial charge in [0.05, 0.1) is 22.6 Å². The average Bonchev–Trinajstić information content (AvgIpc) is 2.91. The lowest BCUT2D eigenvalue weighted by atomic mass is 10.1. The molecule has 23 heteroatoms. The third-order valence-corrected chi connectivity index (χ3v) is 8.64. The van der Waals surface area contributed by atoms with Crippen molar-refractivity contribution in [3.8, 4) is 5.75 Å². The molecule has 19 nitrogen and oxygen atoms in total. The van der Waals surface area contributed by atoms with Crippen LogP contribution in [0.5, 0.6) is 5.75 Å². The average molecular weight is 705 g/mol. The van der Waals surface area contributed by atoms with Gasteiger partial charge < -0.3 is 26.2 Å². The fourth-order valence-electron chi connectivity index (χ4n) is 3.86. The van der Waals surface area contributed by atoms with Crippen LogP contribution in [0.25, 0.3) is 10.8 Å². The molecule has 0 amide bonds. The first-order valence-corrected chi connectivity index (χ1v) is 16.6. The predicted molar refractivity (Wildman–Crippen MR) is 159 cm³/mol. The molecule has 1 aromatic heterocycles. The van der Waals surface area contributed by atoms with Crippen LogP contribution in [0.3, 0.4) is 0 Å². The molecule has 0 saturated heterocycles. The van der Waals surface area contributed by atoms with Crippen LogP contribution >= 0.6 is 11.6 Å². The minimum absolute atomic E-state index is 0.00618. The van der Waals surface area contributed by atoms with Crippen molar-refractivity contribution >= 4 is 87.4 Å². The van der Waals surface area contributed by atoms with Crippen molar-refractivity contribution < 1.29 is 49.1 Å². The summed E-state index contributed by atoms with van der Waals surface area (Å²) in [6, 6.07) is 5.28. The molecule has 3 aromatic carbocycles. The maximum atomic E-state index is 12.3. The Morgan fingerprint density at radius 2 is 1.58 bits per heavy atom.